The van der Waals surface area contributed by atoms with Crippen molar-refractivity contribution in [3.63, 3.8) is 0 Å². The van der Waals surface area contributed by atoms with Gasteiger partial charge < -0.3 is 4.90 Å². The van der Waals surface area contributed by atoms with Crippen LogP contribution >= 0.6 is 23.1 Å². The van der Waals surface area contributed by atoms with E-state index in [4.69, 9.17) is 0 Å². The van der Waals surface area contributed by atoms with E-state index in [2.05, 4.69) is 23.2 Å². The van der Waals surface area contributed by atoms with Crippen molar-refractivity contribution in [3.8, 4) is 0 Å². The van der Waals surface area contributed by atoms with E-state index in [1.54, 1.807) is 23.1 Å². The molecule has 0 bridgehead atoms. The summed E-state index contributed by atoms with van der Waals surface area (Å²) in [7, 11) is 1.87. The number of hydrogen-bond acceptors (Lipinski definition) is 4. The van der Waals surface area contributed by atoms with E-state index in [1.165, 1.54) is 9.60 Å². The van der Waals surface area contributed by atoms with Crippen LogP contribution < -0.4 is 0 Å². The smallest absolute Gasteiger partial charge is 0.223 e. The van der Waals surface area contributed by atoms with Crippen molar-refractivity contribution in [2.45, 2.75) is 24.3 Å². The van der Waals surface area contributed by atoms with Crippen LogP contribution in [0.15, 0.2) is 59.5 Å². The summed E-state index contributed by atoms with van der Waals surface area (Å²) < 4.78 is 1.17. The van der Waals surface area contributed by atoms with E-state index in [0.717, 1.165) is 16.3 Å². The number of amides is 1. The maximum Gasteiger partial charge on any atom is 0.223 e. The summed E-state index contributed by atoms with van der Waals surface area (Å²) in [4.78, 5) is 20.1. The Morgan fingerprint density at radius 2 is 1.88 bits per heavy atom. The summed E-state index contributed by atoms with van der Waals surface area (Å²) >= 11 is 3.38. The number of carbonyl (C=O) groups excluding carboxylic acids is 1. The minimum Gasteiger partial charge on any atom is -0.337 e. The van der Waals surface area contributed by atoms with Crippen molar-refractivity contribution in [2.75, 3.05) is 12.8 Å². The largest absolute Gasteiger partial charge is 0.337 e. The van der Waals surface area contributed by atoms with Gasteiger partial charge in [-0.05, 0) is 31.2 Å². The predicted molar refractivity (Wildman–Crippen MR) is 103 cm³/mol. The summed E-state index contributed by atoms with van der Waals surface area (Å²) in [5, 5.41) is 0.989. The molecule has 0 unspecified atom stereocenters. The number of thiazole rings is 1. The van der Waals surface area contributed by atoms with Gasteiger partial charge in [-0.2, -0.15) is 0 Å². The topological polar surface area (TPSA) is 33.2 Å². The van der Waals surface area contributed by atoms with Crippen LogP contribution in [-0.2, 0) is 4.79 Å². The van der Waals surface area contributed by atoms with E-state index < -0.39 is 0 Å². The molecule has 0 saturated carbocycles. The number of benzene rings is 2. The van der Waals surface area contributed by atoms with Gasteiger partial charge >= 0.3 is 0 Å². The highest BCUT2D eigenvalue weighted by molar-refractivity contribution is 7.99. The highest BCUT2D eigenvalue weighted by atomic mass is 32.2. The molecule has 5 heteroatoms. The Hall–Kier alpha value is -1.85. The molecular formula is C19H20N2OS2. The van der Waals surface area contributed by atoms with E-state index in [1.807, 2.05) is 55.3 Å². The summed E-state index contributed by atoms with van der Waals surface area (Å²) in [5.41, 5.74) is 1.00. The van der Waals surface area contributed by atoms with Crippen LogP contribution in [0.1, 0.15) is 24.4 Å². The maximum atomic E-state index is 12.5. The molecule has 0 radical (unpaired) electrons. The number of fused-ring (bicyclic) bond motifs is 1. The first-order chi connectivity index (χ1) is 11.6. The monoisotopic (exact) mass is 356 g/mol. The summed E-state index contributed by atoms with van der Waals surface area (Å²) in [6.07, 6.45) is 0.533. The van der Waals surface area contributed by atoms with Crippen LogP contribution in [0.25, 0.3) is 10.2 Å². The van der Waals surface area contributed by atoms with Crippen molar-refractivity contribution >= 4 is 39.2 Å². The molecule has 24 heavy (non-hydrogen) atoms. The van der Waals surface area contributed by atoms with E-state index >= 15 is 0 Å². The van der Waals surface area contributed by atoms with Gasteiger partial charge in [0.05, 0.1) is 16.3 Å². The minimum absolute atomic E-state index is 0.00312. The zero-order chi connectivity index (χ0) is 16.9. The SMILES string of the molecule is C[C@@H](c1nc2ccccc2s1)N(C)C(=O)CCSc1ccccc1. The third-order valence-electron chi connectivity index (χ3n) is 3.97. The van der Waals surface area contributed by atoms with Crippen molar-refractivity contribution in [2.24, 2.45) is 0 Å². The number of aromatic nitrogens is 1. The predicted octanol–water partition coefficient (Wildman–Crippen LogP) is 5.00. The molecule has 124 valence electrons. The van der Waals surface area contributed by atoms with Gasteiger partial charge in [-0.1, -0.05) is 30.3 Å². The Morgan fingerprint density at radius 3 is 2.62 bits per heavy atom. The zero-order valence-electron chi connectivity index (χ0n) is 13.8. The Morgan fingerprint density at radius 1 is 1.17 bits per heavy atom. The highest BCUT2D eigenvalue weighted by Crippen LogP contribution is 2.29. The standard InChI is InChI=1S/C19H20N2OS2/c1-14(19-20-16-10-6-7-11-17(16)24-19)21(2)18(22)12-13-23-15-8-4-3-5-9-15/h3-11,14H,12-13H2,1-2H3/t14-/m0/s1. The average Bonchev–Trinajstić information content (AvgIpc) is 3.05. The first-order valence-electron chi connectivity index (χ1n) is 7.94. The Bertz CT molecular complexity index is 783. The van der Waals surface area contributed by atoms with Gasteiger partial charge in [-0.25, -0.2) is 4.98 Å². The lowest BCUT2D eigenvalue weighted by Crippen LogP contribution is -2.29. The van der Waals surface area contributed by atoms with E-state index in [0.29, 0.717) is 6.42 Å². The minimum atomic E-state index is -0.00312. The average molecular weight is 357 g/mol. The second-order valence-corrected chi connectivity index (χ2v) is 7.84. The fourth-order valence-corrected chi connectivity index (χ4v) is 4.32. The van der Waals surface area contributed by atoms with Crippen LogP contribution in [0, 0.1) is 0 Å². The number of thioether (sulfide) groups is 1. The molecule has 1 atom stereocenters. The van der Waals surface area contributed by atoms with E-state index in [9.17, 15) is 4.79 Å². The molecular weight excluding hydrogens is 336 g/mol. The molecule has 1 aromatic heterocycles. The van der Waals surface area contributed by atoms with Gasteiger partial charge in [-0.15, -0.1) is 23.1 Å². The molecule has 0 aliphatic rings. The number of carbonyl (C=O) groups is 1. The van der Waals surface area contributed by atoms with Crippen LogP contribution in [0.3, 0.4) is 0 Å². The maximum absolute atomic E-state index is 12.5. The molecule has 0 fully saturated rings. The van der Waals surface area contributed by atoms with Gasteiger partial charge in [-0.3, -0.25) is 4.79 Å². The third kappa shape index (κ3) is 3.97. The van der Waals surface area contributed by atoms with Crippen LogP contribution in [0.2, 0.25) is 0 Å². The highest BCUT2D eigenvalue weighted by Gasteiger charge is 2.20. The number of nitrogens with zero attached hydrogens (tertiary/aromatic N) is 2. The molecule has 3 nitrogen and oxygen atoms in total. The van der Waals surface area contributed by atoms with Crippen molar-refractivity contribution in [1.82, 2.24) is 9.88 Å². The molecule has 2 aromatic carbocycles. The lowest BCUT2D eigenvalue weighted by molar-refractivity contribution is -0.131. The van der Waals surface area contributed by atoms with Gasteiger partial charge in [0, 0.05) is 24.1 Å². The molecule has 3 rings (SSSR count). The molecule has 0 aliphatic heterocycles. The second-order valence-electron chi connectivity index (χ2n) is 5.61. The third-order valence-corrected chi connectivity index (χ3v) is 6.19. The Balaban J connectivity index is 1.58. The van der Waals surface area contributed by atoms with Crippen LogP contribution in [0.5, 0.6) is 0 Å². The Labute approximate surface area is 150 Å². The van der Waals surface area contributed by atoms with Crippen molar-refractivity contribution in [3.05, 3.63) is 59.6 Å². The normalized spacial score (nSPS) is 12.2. The van der Waals surface area contributed by atoms with Crippen molar-refractivity contribution < 1.29 is 4.79 Å². The summed E-state index contributed by atoms with van der Waals surface area (Å²) in [6, 6.07) is 18.3. The Kier molecular flexibility index (Phi) is 5.53. The quantitative estimate of drug-likeness (QED) is 0.583. The lowest BCUT2D eigenvalue weighted by atomic mass is 10.3. The zero-order valence-corrected chi connectivity index (χ0v) is 15.4. The van der Waals surface area contributed by atoms with Gasteiger partial charge in [0.15, 0.2) is 0 Å². The first-order valence-corrected chi connectivity index (χ1v) is 9.74. The number of hydrogen-bond donors (Lipinski definition) is 0. The molecule has 0 aliphatic carbocycles. The fourth-order valence-electron chi connectivity index (χ4n) is 2.40. The molecule has 0 spiro atoms. The molecule has 3 aromatic rings. The first kappa shape index (κ1) is 17.0. The van der Waals surface area contributed by atoms with Gasteiger partial charge in [0.25, 0.3) is 0 Å². The van der Waals surface area contributed by atoms with Crippen LogP contribution in [0.4, 0.5) is 0 Å². The van der Waals surface area contributed by atoms with E-state index in [-0.39, 0.29) is 11.9 Å². The van der Waals surface area contributed by atoms with Crippen LogP contribution in [-0.4, -0.2) is 28.6 Å². The molecule has 1 amide bonds. The number of rotatable bonds is 6. The summed E-state index contributed by atoms with van der Waals surface area (Å²) in [6.45, 7) is 2.04. The summed E-state index contributed by atoms with van der Waals surface area (Å²) in [5.74, 6) is 0.949. The second kappa shape index (κ2) is 7.81. The fraction of sp³-hybridized carbons (Fsp3) is 0.263. The lowest BCUT2D eigenvalue weighted by Gasteiger charge is -2.23. The van der Waals surface area contributed by atoms with Gasteiger partial charge in [0.2, 0.25) is 5.91 Å². The number of para-hydroxylation sites is 1. The molecule has 1 heterocycles. The molecule has 0 saturated heterocycles. The van der Waals surface area contributed by atoms with Crippen molar-refractivity contribution in [1.29, 1.82) is 0 Å². The van der Waals surface area contributed by atoms with Gasteiger partial charge in [0.1, 0.15) is 5.01 Å². The molecule has 0 N–H and O–H groups in total.